The Balaban J connectivity index is 1.53. The van der Waals surface area contributed by atoms with Gasteiger partial charge in [0.1, 0.15) is 5.75 Å². The van der Waals surface area contributed by atoms with Crippen LogP contribution in [-0.2, 0) is 4.79 Å². The molecule has 0 atom stereocenters. The highest BCUT2D eigenvalue weighted by molar-refractivity contribution is 7.99. The van der Waals surface area contributed by atoms with Gasteiger partial charge in [-0.15, -0.1) is 10.2 Å². The van der Waals surface area contributed by atoms with Gasteiger partial charge in [0.05, 0.1) is 32.8 Å². The van der Waals surface area contributed by atoms with Crippen molar-refractivity contribution in [2.75, 3.05) is 27.1 Å². The lowest BCUT2D eigenvalue weighted by Gasteiger charge is -2.12. The zero-order chi connectivity index (χ0) is 26.2. The van der Waals surface area contributed by atoms with Gasteiger partial charge in [-0.25, -0.2) is 5.43 Å². The molecule has 0 aliphatic carbocycles. The molecule has 9 nitrogen and oxygen atoms in total. The molecule has 10 heteroatoms. The average molecular weight is 518 g/mol. The summed E-state index contributed by atoms with van der Waals surface area (Å²) < 4.78 is 17.9. The number of carbonyl (C=O) groups is 1. The van der Waals surface area contributed by atoms with E-state index in [1.165, 1.54) is 11.8 Å². The number of amides is 1. The van der Waals surface area contributed by atoms with Gasteiger partial charge in [-0.05, 0) is 67.1 Å². The minimum Gasteiger partial charge on any atom is -0.497 e. The van der Waals surface area contributed by atoms with Gasteiger partial charge in [0.2, 0.25) is 0 Å². The molecule has 1 amide bonds. The topological polar surface area (TPSA) is 99.9 Å². The fourth-order valence-corrected chi connectivity index (χ4v) is 4.29. The van der Waals surface area contributed by atoms with E-state index in [1.807, 2.05) is 84.3 Å². The Labute approximate surface area is 219 Å². The molecule has 37 heavy (non-hydrogen) atoms. The smallest absolute Gasteiger partial charge is 0.250 e. The molecule has 0 bridgehead atoms. The molecule has 0 aliphatic rings. The van der Waals surface area contributed by atoms with Crippen molar-refractivity contribution in [3.63, 3.8) is 0 Å². The predicted molar refractivity (Wildman–Crippen MR) is 144 cm³/mol. The van der Waals surface area contributed by atoms with Crippen LogP contribution in [0.2, 0.25) is 0 Å². The molecule has 0 radical (unpaired) electrons. The molecule has 0 saturated carbocycles. The lowest BCUT2D eigenvalue weighted by molar-refractivity contribution is -0.118. The van der Waals surface area contributed by atoms with Crippen molar-refractivity contribution in [2.45, 2.75) is 12.1 Å². The molecule has 3 aromatic carbocycles. The largest absolute Gasteiger partial charge is 0.497 e. The highest BCUT2D eigenvalue weighted by Gasteiger charge is 2.18. The maximum absolute atomic E-state index is 12.6. The number of nitrogens with one attached hydrogen (secondary N) is 1. The summed E-state index contributed by atoms with van der Waals surface area (Å²) in [7, 11) is 4.79. The number of aromatic nitrogens is 3. The molecule has 4 rings (SSSR count). The summed E-state index contributed by atoms with van der Waals surface area (Å²) in [6, 6.07) is 22.7. The molecule has 190 valence electrons. The van der Waals surface area contributed by atoms with Gasteiger partial charge in [0, 0.05) is 11.3 Å². The fourth-order valence-electron chi connectivity index (χ4n) is 3.54. The lowest BCUT2D eigenvalue weighted by Crippen LogP contribution is -2.21. The van der Waals surface area contributed by atoms with Gasteiger partial charge in [0.15, 0.2) is 22.5 Å². The van der Waals surface area contributed by atoms with E-state index in [0.717, 1.165) is 22.6 Å². The molecule has 1 heterocycles. The number of benzene rings is 3. The zero-order valence-electron chi connectivity index (χ0n) is 21.0. The Bertz CT molecular complexity index is 1390. The van der Waals surface area contributed by atoms with Crippen molar-refractivity contribution in [1.82, 2.24) is 20.2 Å². The Morgan fingerprint density at radius 1 is 0.919 bits per heavy atom. The van der Waals surface area contributed by atoms with Gasteiger partial charge in [0.25, 0.3) is 5.91 Å². The highest BCUT2D eigenvalue weighted by Crippen LogP contribution is 2.34. The first kappa shape index (κ1) is 25.8. The number of hydrogen-bond acceptors (Lipinski definition) is 8. The first-order valence-electron chi connectivity index (χ1n) is 11.4. The summed E-state index contributed by atoms with van der Waals surface area (Å²) in [5.74, 6) is 2.43. The van der Waals surface area contributed by atoms with Gasteiger partial charge in [-0.3, -0.25) is 9.36 Å². The SMILES string of the molecule is COc1ccc(/C(C)=N\NC(=O)CSc2nnc(-c3ccc(OC)c(OC)c3)n2-c2ccccc2)cc1. The second kappa shape index (κ2) is 12.1. The van der Waals surface area contributed by atoms with Crippen molar-refractivity contribution in [1.29, 1.82) is 0 Å². The van der Waals surface area contributed by atoms with Crippen molar-refractivity contribution >= 4 is 23.4 Å². The van der Waals surface area contributed by atoms with E-state index >= 15 is 0 Å². The summed E-state index contributed by atoms with van der Waals surface area (Å²) >= 11 is 1.27. The third kappa shape index (κ3) is 6.10. The molecule has 0 aliphatic heterocycles. The van der Waals surface area contributed by atoms with Crippen molar-refractivity contribution in [3.8, 4) is 34.3 Å². The first-order valence-corrected chi connectivity index (χ1v) is 12.4. The standard InChI is InChI=1S/C27H27N5O4S/c1-18(19-10-13-22(34-2)14-11-19)28-29-25(33)17-37-27-31-30-26(32(27)21-8-6-5-7-9-21)20-12-15-23(35-3)24(16-20)36-4/h5-16H,17H2,1-4H3,(H,29,33)/b28-18-. The minimum absolute atomic E-state index is 0.107. The zero-order valence-corrected chi connectivity index (χ0v) is 21.8. The van der Waals surface area contributed by atoms with Crippen LogP contribution in [0.4, 0.5) is 0 Å². The fraction of sp³-hybridized carbons (Fsp3) is 0.185. The van der Waals surface area contributed by atoms with E-state index in [0.29, 0.717) is 28.2 Å². The number of nitrogens with zero attached hydrogens (tertiary/aromatic N) is 4. The van der Waals surface area contributed by atoms with Crippen LogP contribution in [0.3, 0.4) is 0 Å². The third-order valence-corrected chi connectivity index (χ3v) is 6.41. The van der Waals surface area contributed by atoms with Gasteiger partial charge in [-0.1, -0.05) is 30.0 Å². The van der Waals surface area contributed by atoms with Crippen LogP contribution in [0, 0.1) is 0 Å². The van der Waals surface area contributed by atoms with E-state index in [2.05, 4.69) is 20.7 Å². The second-order valence-electron chi connectivity index (χ2n) is 7.80. The molecule has 0 fully saturated rings. The normalized spacial score (nSPS) is 11.2. The maximum atomic E-state index is 12.6. The van der Waals surface area contributed by atoms with Crippen LogP contribution in [0.5, 0.6) is 17.2 Å². The predicted octanol–water partition coefficient (Wildman–Crippen LogP) is 4.59. The second-order valence-corrected chi connectivity index (χ2v) is 8.74. The van der Waals surface area contributed by atoms with Crippen molar-refractivity contribution in [3.05, 3.63) is 78.4 Å². The number of methoxy groups -OCH3 is 3. The quantitative estimate of drug-likeness (QED) is 0.187. The molecule has 0 spiro atoms. The Morgan fingerprint density at radius 2 is 1.65 bits per heavy atom. The van der Waals surface area contributed by atoms with Crippen molar-refractivity contribution in [2.24, 2.45) is 5.10 Å². The Hall–Kier alpha value is -4.31. The highest BCUT2D eigenvalue weighted by atomic mass is 32.2. The molecule has 0 saturated heterocycles. The average Bonchev–Trinajstić information content (AvgIpc) is 3.38. The number of thioether (sulfide) groups is 1. The van der Waals surface area contributed by atoms with E-state index in [9.17, 15) is 4.79 Å². The monoisotopic (exact) mass is 517 g/mol. The Kier molecular flexibility index (Phi) is 8.42. The summed E-state index contributed by atoms with van der Waals surface area (Å²) in [5, 5.41) is 13.6. The van der Waals surface area contributed by atoms with Crippen LogP contribution in [-0.4, -0.2) is 53.5 Å². The van der Waals surface area contributed by atoms with Crippen LogP contribution in [0.1, 0.15) is 12.5 Å². The molecular formula is C27H27N5O4S. The van der Waals surface area contributed by atoms with E-state index in [-0.39, 0.29) is 11.7 Å². The van der Waals surface area contributed by atoms with Crippen LogP contribution >= 0.6 is 11.8 Å². The summed E-state index contributed by atoms with van der Waals surface area (Å²) in [4.78, 5) is 12.6. The number of ether oxygens (including phenoxy) is 3. The lowest BCUT2D eigenvalue weighted by atomic mass is 10.1. The van der Waals surface area contributed by atoms with Gasteiger partial charge < -0.3 is 14.2 Å². The van der Waals surface area contributed by atoms with Crippen LogP contribution < -0.4 is 19.6 Å². The molecule has 0 unspecified atom stereocenters. The van der Waals surface area contributed by atoms with E-state index in [1.54, 1.807) is 21.3 Å². The minimum atomic E-state index is -0.256. The summed E-state index contributed by atoms with van der Waals surface area (Å²) in [6.45, 7) is 1.83. The van der Waals surface area contributed by atoms with Gasteiger partial charge >= 0.3 is 0 Å². The number of hydrogen-bond donors (Lipinski definition) is 1. The van der Waals surface area contributed by atoms with Gasteiger partial charge in [-0.2, -0.15) is 5.10 Å². The van der Waals surface area contributed by atoms with Crippen LogP contribution in [0.25, 0.3) is 17.1 Å². The van der Waals surface area contributed by atoms with Crippen LogP contribution in [0.15, 0.2) is 83.1 Å². The molecule has 1 aromatic heterocycles. The third-order valence-electron chi connectivity index (χ3n) is 5.48. The summed E-state index contributed by atoms with van der Waals surface area (Å²) in [6.07, 6.45) is 0. The Morgan fingerprint density at radius 3 is 2.32 bits per heavy atom. The first-order chi connectivity index (χ1) is 18.0. The number of carbonyl (C=O) groups excluding carboxylic acids is 1. The van der Waals surface area contributed by atoms with Crippen molar-refractivity contribution < 1.29 is 19.0 Å². The number of para-hydroxylation sites is 1. The number of hydrazone groups is 1. The number of rotatable bonds is 10. The molecule has 1 N–H and O–H groups in total. The molecular weight excluding hydrogens is 490 g/mol. The maximum Gasteiger partial charge on any atom is 0.250 e. The van der Waals surface area contributed by atoms with E-state index in [4.69, 9.17) is 14.2 Å². The van der Waals surface area contributed by atoms with E-state index < -0.39 is 0 Å². The summed E-state index contributed by atoms with van der Waals surface area (Å²) in [5.41, 5.74) is 5.85. The molecule has 4 aromatic rings.